The number of carbonyl (C=O) groups excluding carboxylic acids is 2. The first-order chi connectivity index (χ1) is 20.6. The van der Waals surface area contributed by atoms with Crippen molar-refractivity contribution in [2.45, 2.75) is 71.1 Å². The summed E-state index contributed by atoms with van der Waals surface area (Å²) in [4.78, 5) is 24.8. The lowest BCUT2D eigenvalue weighted by Crippen LogP contribution is -2.03. The molecule has 3 aromatic rings. The number of esters is 1. The Labute approximate surface area is 251 Å². The Morgan fingerprint density at radius 1 is 0.643 bits per heavy atom. The summed E-state index contributed by atoms with van der Waals surface area (Å²) in [7, 11) is 1.58. The van der Waals surface area contributed by atoms with Crippen LogP contribution in [-0.4, -0.2) is 25.5 Å². The maximum absolute atomic E-state index is 12.4. The zero-order chi connectivity index (χ0) is 29.8. The van der Waals surface area contributed by atoms with Crippen LogP contribution < -0.4 is 14.2 Å². The largest absolute Gasteiger partial charge is 0.497 e. The summed E-state index contributed by atoms with van der Waals surface area (Å²) in [6, 6.07) is 21.6. The van der Waals surface area contributed by atoms with Crippen molar-refractivity contribution < 1.29 is 23.8 Å². The molecule has 222 valence electrons. The lowest BCUT2D eigenvalue weighted by atomic mass is 10.1. The number of methoxy groups -OCH3 is 1. The zero-order valence-electron chi connectivity index (χ0n) is 25.1. The number of benzene rings is 3. The van der Waals surface area contributed by atoms with Crippen molar-refractivity contribution >= 4 is 23.9 Å². The lowest BCUT2D eigenvalue weighted by Gasteiger charge is -2.06. The zero-order valence-corrected chi connectivity index (χ0v) is 25.1. The third-order valence-corrected chi connectivity index (χ3v) is 6.94. The van der Waals surface area contributed by atoms with Gasteiger partial charge in [-0.3, -0.25) is 4.79 Å². The fourth-order valence-electron chi connectivity index (χ4n) is 4.47. The molecule has 0 bridgehead atoms. The van der Waals surface area contributed by atoms with Gasteiger partial charge >= 0.3 is 5.97 Å². The maximum Gasteiger partial charge on any atom is 0.336 e. The molecule has 0 saturated heterocycles. The van der Waals surface area contributed by atoms with Gasteiger partial charge in [0.1, 0.15) is 17.2 Å². The maximum atomic E-state index is 12.4. The predicted octanol–water partition coefficient (Wildman–Crippen LogP) is 9.51. The van der Waals surface area contributed by atoms with Crippen LogP contribution in [0.4, 0.5) is 0 Å². The molecule has 0 aliphatic rings. The second kappa shape index (κ2) is 19.1. The van der Waals surface area contributed by atoms with Gasteiger partial charge in [0, 0.05) is 11.6 Å². The van der Waals surface area contributed by atoms with E-state index >= 15 is 0 Å². The number of allylic oxidation sites excluding steroid dienone is 1. The van der Waals surface area contributed by atoms with E-state index in [4.69, 9.17) is 14.2 Å². The highest BCUT2D eigenvalue weighted by atomic mass is 16.5. The third-order valence-electron chi connectivity index (χ3n) is 6.94. The summed E-state index contributed by atoms with van der Waals surface area (Å²) in [5, 5.41) is 0. The third kappa shape index (κ3) is 12.6. The van der Waals surface area contributed by atoms with Crippen molar-refractivity contribution in [2.24, 2.45) is 0 Å². The Balaban J connectivity index is 1.36. The molecule has 0 unspecified atom stereocenters. The molecule has 5 heteroatoms. The molecule has 0 aliphatic carbocycles. The standard InChI is InChI=1S/C37H44O5/c1-3-4-5-6-7-8-9-10-11-12-28-41-34-22-16-30(17-23-34)19-27-37(39)42-35-15-13-14-31(29-35)18-26-36(38)32-20-24-33(40-2)25-21-32/h13-27,29H,3-12,28H2,1-2H3/b26-18+,27-19+. The van der Waals surface area contributed by atoms with Crippen molar-refractivity contribution in [3.05, 3.63) is 102 Å². The Bertz CT molecular complexity index is 1270. The number of unbranched alkanes of at least 4 members (excludes halogenated alkanes) is 9. The number of ketones is 1. The average molecular weight is 569 g/mol. The summed E-state index contributed by atoms with van der Waals surface area (Å²) >= 11 is 0. The van der Waals surface area contributed by atoms with E-state index in [0.717, 1.165) is 29.9 Å². The molecular weight excluding hydrogens is 524 g/mol. The van der Waals surface area contributed by atoms with Crippen LogP contribution >= 0.6 is 0 Å². The SMILES string of the molecule is CCCCCCCCCCCCOc1ccc(/C=C/C(=O)Oc2cccc(/C=C/C(=O)c3ccc(OC)cc3)c2)cc1. The Hall–Kier alpha value is -4.12. The van der Waals surface area contributed by atoms with E-state index in [1.807, 2.05) is 30.3 Å². The highest BCUT2D eigenvalue weighted by molar-refractivity contribution is 6.06. The second-order valence-corrected chi connectivity index (χ2v) is 10.4. The van der Waals surface area contributed by atoms with E-state index in [2.05, 4.69) is 6.92 Å². The van der Waals surface area contributed by atoms with Gasteiger partial charge in [-0.25, -0.2) is 4.79 Å². The molecule has 0 spiro atoms. The molecule has 0 N–H and O–H groups in total. The van der Waals surface area contributed by atoms with Crippen LogP contribution in [0.1, 0.15) is 92.6 Å². The summed E-state index contributed by atoms with van der Waals surface area (Å²) in [5.74, 6) is 1.32. The fourth-order valence-corrected chi connectivity index (χ4v) is 4.47. The lowest BCUT2D eigenvalue weighted by molar-refractivity contribution is -0.128. The van der Waals surface area contributed by atoms with E-state index < -0.39 is 5.97 Å². The molecule has 0 aliphatic heterocycles. The summed E-state index contributed by atoms with van der Waals surface area (Å²) < 4.78 is 16.5. The number of hydrogen-bond acceptors (Lipinski definition) is 5. The van der Waals surface area contributed by atoms with E-state index in [1.165, 1.54) is 69.9 Å². The van der Waals surface area contributed by atoms with Crippen molar-refractivity contribution in [1.82, 2.24) is 0 Å². The summed E-state index contributed by atoms with van der Waals surface area (Å²) in [5.41, 5.74) is 2.19. The van der Waals surface area contributed by atoms with Gasteiger partial charge < -0.3 is 14.2 Å². The molecule has 0 heterocycles. The van der Waals surface area contributed by atoms with Crippen molar-refractivity contribution in [1.29, 1.82) is 0 Å². The average Bonchev–Trinajstić information content (AvgIpc) is 3.02. The molecule has 3 aromatic carbocycles. The number of rotatable bonds is 19. The molecule has 0 radical (unpaired) electrons. The number of carbonyl (C=O) groups is 2. The van der Waals surface area contributed by atoms with Crippen molar-refractivity contribution in [3.63, 3.8) is 0 Å². The smallest absolute Gasteiger partial charge is 0.336 e. The predicted molar refractivity (Wildman–Crippen MR) is 171 cm³/mol. The van der Waals surface area contributed by atoms with Crippen LogP contribution in [0.2, 0.25) is 0 Å². The van der Waals surface area contributed by atoms with E-state index in [9.17, 15) is 9.59 Å². The number of ether oxygens (including phenoxy) is 3. The van der Waals surface area contributed by atoms with Gasteiger partial charge in [-0.05, 0) is 78.2 Å². The van der Waals surface area contributed by atoms with E-state index in [-0.39, 0.29) is 5.78 Å². The highest BCUT2D eigenvalue weighted by Gasteiger charge is 2.04. The van der Waals surface area contributed by atoms with Crippen LogP contribution in [0.3, 0.4) is 0 Å². The molecule has 0 aromatic heterocycles. The van der Waals surface area contributed by atoms with Crippen LogP contribution in [0, 0.1) is 0 Å². The molecule has 0 amide bonds. The fraction of sp³-hybridized carbons (Fsp3) is 0.351. The Morgan fingerprint density at radius 3 is 1.93 bits per heavy atom. The van der Waals surface area contributed by atoms with Gasteiger partial charge in [0.15, 0.2) is 5.78 Å². The highest BCUT2D eigenvalue weighted by Crippen LogP contribution is 2.18. The first kappa shape index (κ1) is 32.4. The van der Waals surface area contributed by atoms with Gasteiger partial charge in [0.05, 0.1) is 13.7 Å². The number of hydrogen-bond donors (Lipinski definition) is 0. The molecule has 0 atom stereocenters. The first-order valence-electron chi connectivity index (χ1n) is 15.2. The second-order valence-electron chi connectivity index (χ2n) is 10.4. The molecule has 0 saturated carbocycles. The van der Waals surface area contributed by atoms with Crippen LogP contribution in [0.15, 0.2) is 84.9 Å². The Kier molecular flexibility index (Phi) is 14.7. The van der Waals surface area contributed by atoms with Crippen LogP contribution in [0.25, 0.3) is 12.2 Å². The van der Waals surface area contributed by atoms with Gasteiger partial charge in [0.25, 0.3) is 0 Å². The van der Waals surface area contributed by atoms with Gasteiger partial charge in [-0.15, -0.1) is 0 Å². The minimum Gasteiger partial charge on any atom is -0.497 e. The molecule has 0 fully saturated rings. The molecule has 42 heavy (non-hydrogen) atoms. The summed E-state index contributed by atoms with van der Waals surface area (Å²) in [6.07, 6.45) is 19.3. The van der Waals surface area contributed by atoms with Crippen molar-refractivity contribution in [2.75, 3.05) is 13.7 Å². The quantitative estimate of drug-likeness (QED) is 0.0474. The topological polar surface area (TPSA) is 61.8 Å². The van der Waals surface area contributed by atoms with Crippen LogP contribution in [0.5, 0.6) is 17.2 Å². The normalized spacial score (nSPS) is 11.2. The van der Waals surface area contributed by atoms with E-state index in [1.54, 1.807) is 61.7 Å². The minimum atomic E-state index is -0.480. The van der Waals surface area contributed by atoms with Crippen molar-refractivity contribution in [3.8, 4) is 17.2 Å². The Morgan fingerprint density at radius 2 is 1.26 bits per heavy atom. The van der Waals surface area contributed by atoms with E-state index in [0.29, 0.717) is 17.1 Å². The first-order valence-corrected chi connectivity index (χ1v) is 15.2. The molecular formula is C37H44O5. The van der Waals surface area contributed by atoms with Gasteiger partial charge in [0.2, 0.25) is 0 Å². The minimum absolute atomic E-state index is 0.127. The van der Waals surface area contributed by atoms with Gasteiger partial charge in [-0.2, -0.15) is 0 Å². The molecule has 3 rings (SSSR count). The molecule has 5 nitrogen and oxygen atoms in total. The van der Waals surface area contributed by atoms with Crippen LogP contribution in [-0.2, 0) is 4.79 Å². The summed E-state index contributed by atoms with van der Waals surface area (Å²) in [6.45, 7) is 2.98. The van der Waals surface area contributed by atoms with Gasteiger partial charge in [-0.1, -0.05) is 95.1 Å². The monoisotopic (exact) mass is 568 g/mol.